The number of aliphatic carboxylic acids is 1. The summed E-state index contributed by atoms with van der Waals surface area (Å²) >= 11 is 0. The third-order valence-corrected chi connectivity index (χ3v) is 6.69. The van der Waals surface area contributed by atoms with Crippen molar-refractivity contribution in [3.8, 4) is 23.0 Å². The predicted octanol–water partition coefficient (Wildman–Crippen LogP) is 2.64. The Labute approximate surface area is 288 Å². The first-order valence-electron chi connectivity index (χ1n) is 12.9. The van der Waals surface area contributed by atoms with E-state index in [9.17, 15) is 18.8 Å². The molecule has 1 aliphatic carbocycles. The van der Waals surface area contributed by atoms with Gasteiger partial charge in [0.1, 0.15) is 17.0 Å². The number of anilines is 2. The van der Waals surface area contributed by atoms with Gasteiger partial charge in [-0.2, -0.15) is 0 Å². The standard InChI is InChI=1S/C30H25F2N3O7.K.H/c1-40-25-15-20-22(16-26(25)41-13-9-27(36)37)33-12-8-23(20)42-24-7-6-19(14-21(24)32)35-29(39)30(10-11-30)28(38)34-18-4-2-17(31)3-5-18;;/h2-8,12,14-16H,9-11,13H2,1H3,(H,34,38)(H,35,39)(H,36,37);;/q;+1;-1. The molecule has 10 nitrogen and oxygen atoms in total. The van der Waals surface area contributed by atoms with Crippen molar-refractivity contribution >= 4 is 40.1 Å². The summed E-state index contributed by atoms with van der Waals surface area (Å²) in [5.74, 6) is -2.59. The normalized spacial score (nSPS) is 12.9. The molecule has 13 heteroatoms. The fourth-order valence-electron chi connectivity index (χ4n) is 4.23. The molecular formula is C30H26F2KN3O7. The molecule has 1 heterocycles. The fraction of sp³-hybridized carbons (Fsp3) is 0.200. The number of hydrogen-bond acceptors (Lipinski definition) is 7. The zero-order chi connectivity index (χ0) is 29.9. The molecule has 3 N–H and O–H groups in total. The van der Waals surface area contributed by atoms with Crippen LogP contribution in [0.5, 0.6) is 23.0 Å². The van der Waals surface area contributed by atoms with Gasteiger partial charge in [-0.15, -0.1) is 0 Å². The van der Waals surface area contributed by atoms with Gasteiger partial charge in [0.2, 0.25) is 11.8 Å². The minimum absolute atomic E-state index is 0. The maximum Gasteiger partial charge on any atom is 1.00 e. The summed E-state index contributed by atoms with van der Waals surface area (Å²) in [6, 6.07) is 13.8. The van der Waals surface area contributed by atoms with Gasteiger partial charge in [0.15, 0.2) is 23.1 Å². The fourth-order valence-corrected chi connectivity index (χ4v) is 4.23. The van der Waals surface area contributed by atoms with Crippen molar-refractivity contribution < 1.29 is 95.3 Å². The average molecular weight is 618 g/mol. The molecule has 0 aliphatic heterocycles. The van der Waals surface area contributed by atoms with Crippen LogP contribution in [0.2, 0.25) is 0 Å². The van der Waals surface area contributed by atoms with Gasteiger partial charge in [-0.05, 0) is 61.4 Å². The summed E-state index contributed by atoms with van der Waals surface area (Å²) in [6.07, 6.45) is 1.91. The molecule has 0 radical (unpaired) electrons. The van der Waals surface area contributed by atoms with Gasteiger partial charge in [-0.1, -0.05) is 0 Å². The molecule has 0 spiro atoms. The van der Waals surface area contributed by atoms with E-state index in [1.54, 1.807) is 18.2 Å². The van der Waals surface area contributed by atoms with Gasteiger partial charge in [0.25, 0.3) is 0 Å². The van der Waals surface area contributed by atoms with E-state index in [0.717, 1.165) is 6.07 Å². The Morgan fingerprint density at radius 1 is 0.907 bits per heavy atom. The molecule has 1 aliphatic rings. The molecule has 1 aromatic heterocycles. The van der Waals surface area contributed by atoms with E-state index in [-0.39, 0.29) is 83.0 Å². The molecule has 0 bridgehead atoms. The summed E-state index contributed by atoms with van der Waals surface area (Å²) in [7, 11) is 1.42. The number of fused-ring (bicyclic) bond motifs is 1. The van der Waals surface area contributed by atoms with Gasteiger partial charge in [0, 0.05) is 35.1 Å². The van der Waals surface area contributed by atoms with Crippen LogP contribution >= 0.6 is 0 Å². The zero-order valence-corrected chi connectivity index (χ0v) is 26.4. The number of ether oxygens (including phenoxy) is 3. The molecule has 43 heavy (non-hydrogen) atoms. The van der Waals surface area contributed by atoms with Gasteiger partial charge < -0.3 is 31.4 Å². The number of halogens is 2. The van der Waals surface area contributed by atoms with Crippen LogP contribution in [0.4, 0.5) is 20.2 Å². The molecule has 0 atom stereocenters. The van der Waals surface area contributed by atoms with E-state index in [1.165, 1.54) is 49.7 Å². The third-order valence-electron chi connectivity index (χ3n) is 6.69. The summed E-state index contributed by atoms with van der Waals surface area (Å²) in [5, 5.41) is 14.5. The molecule has 1 fully saturated rings. The number of carboxylic acid groups (broad SMARTS) is 1. The van der Waals surface area contributed by atoms with Crippen molar-refractivity contribution in [1.82, 2.24) is 4.98 Å². The number of carboxylic acids is 1. The first-order chi connectivity index (χ1) is 20.2. The van der Waals surface area contributed by atoms with Crippen molar-refractivity contribution in [2.45, 2.75) is 19.3 Å². The SMILES string of the molecule is COc1cc2c(Oc3ccc(NC(=O)C4(C(=O)Nc5ccc(F)cc5)CC4)cc3F)ccnc2cc1OCCC(=O)O.[H-].[K+]. The van der Waals surface area contributed by atoms with Crippen molar-refractivity contribution in [2.75, 3.05) is 24.4 Å². The third kappa shape index (κ3) is 7.48. The molecule has 2 amide bonds. The zero-order valence-electron chi connectivity index (χ0n) is 24.3. The average Bonchev–Trinajstić information content (AvgIpc) is 3.78. The van der Waals surface area contributed by atoms with Crippen molar-refractivity contribution in [3.05, 3.63) is 78.5 Å². The molecule has 218 valence electrons. The first kappa shape index (κ1) is 32.3. The van der Waals surface area contributed by atoms with E-state index >= 15 is 4.39 Å². The van der Waals surface area contributed by atoms with Crippen LogP contribution < -0.4 is 76.2 Å². The van der Waals surface area contributed by atoms with Gasteiger partial charge in [-0.25, -0.2) is 8.78 Å². The van der Waals surface area contributed by atoms with Crippen molar-refractivity contribution in [2.24, 2.45) is 5.41 Å². The Morgan fingerprint density at radius 2 is 1.58 bits per heavy atom. The second-order valence-electron chi connectivity index (χ2n) is 9.57. The van der Waals surface area contributed by atoms with Gasteiger partial charge >= 0.3 is 57.4 Å². The summed E-state index contributed by atoms with van der Waals surface area (Å²) in [6.45, 7) is -0.0679. The maximum atomic E-state index is 15.1. The van der Waals surface area contributed by atoms with E-state index in [0.29, 0.717) is 40.9 Å². The van der Waals surface area contributed by atoms with Gasteiger partial charge in [-0.3, -0.25) is 19.4 Å². The van der Waals surface area contributed by atoms with Crippen LogP contribution in [0, 0.1) is 17.0 Å². The quantitative estimate of drug-likeness (QED) is 0.173. The summed E-state index contributed by atoms with van der Waals surface area (Å²) in [4.78, 5) is 40.8. The van der Waals surface area contributed by atoms with E-state index in [4.69, 9.17) is 19.3 Å². The second-order valence-corrected chi connectivity index (χ2v) is 9.57. The molecule has 1 saturated carbocycles. The van der Waals surface area contributed by atoms with Crippen LogP contribution in [0.15, 0.2) is 66.9 Å². The minimum atomic E-state index is -1.30. The molecule has 4 aromatic rings. The van der Waals surface area contributed by atoms with Crippen LogP contribution in [-0.2, 0) is 14.4 Å². The molecule has 3 aromatic carbocycles. The minimum Gasteiger partial charge on any atom is -1.00 e. The Morgan fingerprint density at radius 3 is 2.21 bits per heavy atom. The van der Waals surface area contributed by atoms with Crippen LogP contribution in [-0.4, -0.2) is 41.6 Å². The van der Waals surface area contributed by atoms with E-state index < -0.39 is 34.8 Å². The number of amides is 2. The smallest absolute Gasteiger partial charge is 1.00 e. The maximum absolute atomic E-state index is 15.1. The molecule has 0 saturated heterocycles. The number of carbonyl (C=O) groups excluding carboxylic acids is 2. The number of nitrogens with one attached hydrogen (secondary N) is 2. The monoisotopic (exact) mass is 617 g/mol. The second kappa shape index (κ2) is 13.8. The first-order valence-corrected chi connectivity index (χ1v) is 12.9. The van der Waals surface area contributed by atoms with Crippen molar-refractivity contribution in [1.29, 1.82) is 0 Å². The number of methoxy groups -OCH3 is 1. The number of carbonyl (C=O) groups is 3. The Bertz CT molecular complexity index is 1690. The number of pyridine rings is 1. The Hall–Kier alpha value is -3.62. The van der Waals surface area contributed by atoms with E-state index in [2.05, 4.69) is 15.6 Å². The largest absolute Gasteiger partial charge is 1.00 e. The summed E-state index contributed by atoms with van der Waals surface area (Å²) in [5.41, 5.74) is -0.367. The number of aromatic nitrogens is 1. The predicted molar refractivity (Wildman–Crippen MR) is 149 cm³/mol. The number of benzene rings is 3. The van der Waals surface area contributed by atoms with Gasteiger partial charge in [0.05, 0.1) is 25.7 Å². The molecule has 5 rings (SSSR count). The Kier molecular flexibility index (Phi) is 10.3. The van der Waals surface area contributed by atoms with E-state index in [1.807, 2.05) is 0 Å². The number of nitrogens with zero attached hydrogens (tertiary/aromatic N) is 1. The van der Waals surface area contributed by atoms with Crippen LogP contribution in [0.1, 0.15) is 20.7 Å². The number of hydrogen-bond donors (Lipinski definition) is 3. The molecular weight excluding hydrogens is 591 g/mol. The Balaban J connectivity index is 0.00000264. The van der Waals surface area contributed by atoms with Crippen LogP contribution in [0.25, 0.3) is 10.9 Å². The van der Waals surface area contributed by atoms with Crippen molar-refractivity contribution in [3.63, 3.8) is 0 Å². The van der Waals surface area contributed by atoms with Crippen LogP contribution in [0.3, 0.4) is 0 Å². The topological polar surface area (TPSA) is 136 Å². The summed E-state index contributed by atoms with van der Waals surface area (Å²) < 4.78 is 45.0. The number of rotatable bonds is 11. The molecule has 0 unspecified atom stereocenters.